The topological polar surface area (TPSA) is 40.5 Å². The Labute approximate surface area is 86.3 Å². The number of rotatable bonds is 4. The van der Waals surface area contributed by atoms with E-state index in [1.165, 1.54) is 0 Å². The van der Waals surface area contributed by atoms with Crippen molar-refractivity contribution in [3.05, 3.63) is 29.8 Å². The molecule has 0 aromatic heterocycles. The van der Waals surface area contributed by atoms with Crippen LogP contribution in [-0.4, -0.2) is 18.2 Å². The lowest BCUT2D eigenvalue weighted by atomic mass is 10.1. The van der Waals surface area contributed by atoms with Gasteiger partial charge in [0.05, 0.1) is 0 Å². The van der Waals surface area contributed by atoms with Gasteiger partial charge in [-0.2, -0.15) is 0 Å². The lowest BCUT2D eigenvalue weighted by Crippen LogP contribution is -2.24. The van der Waals surface area contributed by atoms with Gasteiger partial charge in [0, 0.05) is 0 Å². The predicted octanol–water partition coefficient (Wildman–Crippen LogP) is 2.52. The van der Waals surface area contributed by atoms with Gasteiger partial charge in [-0.15, -0.1) is 0 Å². The molecule has 0 aliphatic heterocycles. The van der Waals surface area contributed by atoms with Crippen LogP contribution in [0, 0.1) is 0 Å². The fourth-order valence-corrected chi connectivity index (χ4v) is 2.48. The summed E-state index contributed by atoms with van der Waals surface area (Å²) < 4.78 is 0. The summed E-state index contributed by atoms with van der Waals surface area (Å²) in [5.41, 5.74) is 0.978. The van der Waals surface area contributed by atoms with Crippen molar-refractivity contribution in [1.82, 2.24) is 0 Å². The van der Waals surface area contributed by atoms with Crippen LogP contribution in [0.25, 0.3) is 0 Å². The zero-order chi connectivity index (χ0) is 10.6. The number of phenolic OH excluding ortho intramolecular Hbond substituents is 1. The quantitative estimate of drug-likeness (QED) is 0.750. The van der Waals surface area contributed by atoms with Gasteiger partial charge in [0.25, 0.3) is 0 Å². The highest BCUT2D eigenvalue weighted by Crippen LogP contribution is 2.19. The molecule has 2 N–H and O–H groups in total. The van der Waals surface area contributed by atoms with E-state index in [9.17, 15) is 9.90 Å². The average Bonchev–Trinajstić information content (AvgIpc) is 2.06. The molecule has 0 heterocycles. The van der Waals surface area contributed by atoms with Gasteiger partial charge in [-0.05, 0) is 43.6 Å². The molecule has 14 heavy (non-hydrogen) atoms. The largest absolute Gasteiger partial charge is 0.508 e. The Balaban J connectivity index is 2.43. The van der Waals surface area contributed by atoms with Crippen molar-refractivity contribution in [2.75, 3.05) is 0 Å². The van der Waals surface area contributed by atoms with Gasteiger partial charge >= 0.3 is 0 Å². The molecule has 0 aliphatic rings. The molecule has 0 spiro atoms. The normalized spacial score (nSPS) is 11.6. The van der Waals surface area contributed by atoms with E-state index in [-0.39, 0.29) is 0 Å². The van der Waals surface area contributed by atoms with E-state index in [1.807, 2.05) is 31.3 Å². The monoisotopic (exact) mass is 210 g/mol. The predicted molar refractivity (Wildman–Crippen MR) is 60.9 cm³/mol. The summed E-state index contributed by atoms with van der Waals surface area (Å²) in [5, 5.41) is 9.49. The third kappa shape index (κ3) is 3.94. The van der Waals surface area contributed by atoms with E-state index in [2.05, 4.69) is 0 Å². The molecule has 1 aromatic rings. The molecule has 0 atom stereocenters. The molecule has 0 saturated carbocycles. The number of phenols is 1. The Bertz CT molecular complexity index is 292. The van der Waals surface area contributed by atoms with Crippen molar-refractivity contribution in [3.8, 4) is 5.75 Å². The molecular weight excluding hydrogens is 192 g/mol. The fraction of sp³-hybridized carbons (Fsp3) is 0.455. The van der Waals surface area contributed by atoms with Crippen molar-refractivity contribution in [1.29, 1.82) is 0 Å². The van der Waals surface area contributed by atoms with E-state index >= 15 is 0 Å². The van der Waals surface area contributed by atoms with Gasteiger partial charge in [0.2, 0.25) is 0 Å². The SMILES string of the molecule is C[Si](C)(O)CCCc1ccccc1O. The minimum Gasteiger partial charge on any atom is -0.508 e. The van der Waals surface area contributed by atoms with Gasteiger partial charge in [-0.25, -0.2) is 0 Å². The van der Waals surface area contributed by atoms with E-state index in [0.29, 0.717) is 5.75 Å². The molecule has 1 aromatic carbocycles. The van der Waals surface area contributed by atoms with Crippen LogP contribution in [0.1, 0.15) is 12.0 Å². The Morgan fingerprint density at radius 1 is 1.21 bits per heavy atom. The van der Waals surface area contributed by atoms with E-state index in [4.69, 9.17) is 0 Å². The third-order valence-corrected chi connectivity index (χ3v) is 3.80. The number of hydrogen-bond acceptors (Lipinski definition) is 2. The van der Waals surface area contributed by atoms with Gasteiger partial charge in [0.1, 0.15) is 5.75 Å². The van der Waals surface area contributed by atoms with Crippen molar-refractivity contribution in [2.45, 2.75) is 32.0 Å². The van der Waals surface area contributed by atoms with Gasteiger partial charge < -0.3 is 9.90 Å². The highest BCUT2D eigenvalue weighted by Gasteiger charge is 2.15. The van der Waals surface area contributed by atoms with Gasteiger partial charge in [-0.3, -0.25) is 0 Å². The Morgan fingerprint density at radius 3 is 2.43 bits per heavy atom. The lowest BCUT2D eigenvalue weighted by Gasteiger charge is -2.13. The highest BCUT2D eigenvalue weighted by atomic mass is 28.4. The summed E-state index contributed by atoms with van der Waals surface area (Å²) in [5.74, 6) is 0.366. The summed E-state index contributed by atoms with van der Waals surface area (Å²) in [6.45, 7) is 3.88. The molecule has 0 fully saturated rings. The molecule has 2 nitrogen and oxygen atoms in total. The number of hydrogen-bond donors (Lipinski definition) is 2. The maximum atomic E-state index is 9.64. The number of aryl methyl sites for hydroxylation is 1. The average molecular weight is 210 g/mol. The number of benzene rings is 1. The van der Waals surface area contributed by atoms with Gasteiger partial charge in [0.15, 0.2) is 8.32 Å². The van der Waals surface area contributed by atoms with Crippen LogP contribution in [-0.2, 0) is 6.42 Å². The first kappa shape index (κ1) is 11.3. The van der Waals surface area contributed by atoms with Crippen molar-refractivity contribution < 1.29 is 9.90 Å². The van der Waals surface area contributed by atoms with E-state index in [1.54, 1.807) is 6.07 Å². The zero-order valence-corrected chi connectivity index (χ0v) is 9.83. The molecule has 0 saturated heterocycles. The molecule has 78 valence electrons. The van der Waals surface area contributed by atoms with Crippen LogP contribution in [0.5, 0.6) is 5.75 Å². The van der Waals surface area contributed by atoms with Crippen LogP contribution < -0.4 is 0 Å². The molecular formula is C11H18O2Si. The lowest BCUT2D eigenvalue weighted by molar-refractivity contribution is 0.467. The van der Waals surface area contributed by atoms with Crippen LogP contribution in [0.2, 0.25) is 19.1 Å². The summed E-state index contributed by atoms with van der Waals surface area (Å²) in [4.78, 5) is 9.64. The Kier molecular flexibility index (Phi) is 3.72. The second kappa shape index (κ2) is 4.62. The first-order chi connectivity index (χ1) is 6.49. The minimum absolute atomic E-state index is 0.366. The molecule has 0 bridgehead atoms. The maximum absolute atomic E-state index is 9.64. The van der Waals surface area contributed by atoms with Gasteiger partial charge in [-0.1, -0.05) is 18.2 Å². The Morgan fingerprint density at radius 2 is 1.86 bits per heavy atom. The fourth-order valence-electron chi connectivity index (χ4n) is 1.43. The van der Waals surface area contributed by atoms with E-state index in [0.717, 1.165) is 24.4 Å². The highest BCUT2D eigenvalue weighted by molar-refractivity contribution is 6.69. The first-order valence-corrected chi connectivity index (χ1v) is 8.14. The smallest absolute Gasteiger partial charge is 0.182 e. The number of aromatic hydroxyl groups is 1. The summed E-state index contributed by atoms with van der Waals surface area (Å²) >= 11 is 0. The van der Waals surface area contributed by atoms with Crippen molar-refractivity contribution in [3.63, 3.8) is 0 Å². The first-order valence-electron chi connectivity index (χ1n) is 4.98. The molecule has 0 amide bonds. The van der Waals surface area contributed by atoms with E-state index < -0.39 is 8.32 Å². The minimum atomic E-state index is -1.91. The molecule has 0 aliphatic carbocycles. The second-order valence-corrected chi connectivity index (χ2v) is 8.42. The molecule has 0 radical (unpaired) electrons. The molecule has 0 unspecified atom stereocenters. The van der Waals surface area contributed by atoms with Crippen LogP contribution in [0.4, 0.5) is 0 Å². The zero-order valence-electron chi connectivity index (χ0n) is 8.83. The Hall–Kier alpha value is -0.803. The maximum Gasteiger partial charge on any atom is 0.182 e. The van der Waals surface area contributed by atoms with Crippen molar-refractivity contribution >= 4 is 8.32 Å². The van der Waals surface area contributed by atoms with Crippen LogP contribution in [0.3, 0.4) is 0 Å². The van der Waals surface area contributed by atoms with Crippen LogP contribution in [0.15, 0.2) is 24.3 Å². The van der Waals surface area contributed by atoms with Crippen LogP contribution >= 0.6 is 0 Å². The van der Waals surface area contributed by atoms with Crippen molar-refractivity contribution in [2.24, 2.45) is 0 Å². The standard InChI is InChI=1S/C11H18O2Si/c1-14(2,13)9-5-7-10-6-3-4-8-11(10)12/h3-4,6,8,12-13H,5,7,9H2,1-2H3. The molecule has 1 rings (SSSR count). The summed E-state index contributed by atoms with van der Waals surface area (Å²) in [6.07, 6.45) is 1.80. The summed E-state index contributed by atoms with van der Waals surface area (Å²) in [6, 6.07) is 8.28. The summed E-state index contributed by atoms with van der Waals surface area (Å²) in [7, 11) is -1.91. The molecule has 3 heteroatoms. The number of para-hydroxylation sites is 1. The second-order valence-electron chi connectivity index (χ2n) is 4.29. The third-order valence-electron chi connectivity index (χ3n) is 2.23.